The molecule has 316 valence electrons. The van der Waals surface area contributed by atoms with Crippen LogP contribution in [0.15, 0.2) is 48.6 Å². The average Bonchev–Trinajstić information content (AvgIpc) is 3.12. The molecular formula is C45H85N2O6P. The largest absolute Gasteiger partial charge is 0.756 e. The van der Waals surface area contributed by atoms with Crippen LogP contribution in [0.3, 0.4) is 0 Å². The average molecular weight is 781 g/mol. The van der Waals surface area contributed by atoms with E-state index >= 15 is 0 Å². The Morgan fingerprint density at radius 1 is 0.648 bits per heavy atom. The lowest BCUT2D eigenvalue weighted by Gasteiger charge is -2.29. The Balaban J connectivity index is 4.25. The standard InChI is InChI=1S/C45H85N2O6P/c1-6-8-10-12-14-16-17-18-19-20-21-22-23-24-25-26-27-28-29-31-33-35-37-39-45(49)46-43(42-53-54(50,51)52-41-40-47(3,4)5)44(48)38-36-34-32-30-15-13-11-9-7-2/h15,17-18,20-21,30,36,38,43-44,48H,6-14,16,19,22-29,31-35,37,39-42H2,1-5H3,(H-,46,49,50,51)/b18-17-,21-20-,30-15+,38-36+. The van der Waals surface area contributed by atoms with Crippen molar-refractivity contribution >= 4 is 13.7 Å². The van der Waals surface area contributed by atoms with Gasteiger partial charge in [0.05, 0.1) is 39.9 Å². The summed E-state index contributed by atoms with van der Waals surface area (Å²) in [6.45, 7) is 4.54. The van der Waals surface area contributed by atoms with Crippen molar-refractivity contribution in [2.24, 2.45) is 0 Å². The maximum atomic E-state index is 12.8. The molecule has 0 aliphatic heterocycles. The minimum Gasteiger partial charge on any atom is -0.756 e. The molecule has 0 saturated carbocycles. The first-order valence-corrected chi connectivity index (χ1v) is 23.5. The Hall–Kier alpha value is -1.54. The number of allylic oxidation sites excluding steroid dienone is 7. The summed E-state index contributed by atoms with van der Waals surface area (Å²) >= 11 is 0. The zero-order chi connectivity index (χ0) is 40.0. The number of rotatable bonds is 39. The minimum absolute atomic E-state index is 0.00822. The van der Waals surface area contributed by atoms with E-state index in [0.29, 0.717) is 17.4 Å². The van der Waals surface area contributed by atoms with Crippen molar-refractivity contribution in [1.29, 1.82) is 0 Å². The number of hydrogen-bond donors (Lipinski definition) is 2. The van der Waals surface area contributed by atoms with Crippen molar-refractivity contribution in [2.45, 2.75) is 193 Å². The number of likely N-dealkylation sites (N-methyl/N-ethyl adjacent to an activating group) is 1. The van der Waals surface area contributed by atoms with Gasteiger partial charge in [-0.3, -0.25) is 9.36 Å². The molecule has 54 heavy (non-hydrogen) atoms. The number of carbonyl (C=O) groups excluding carboxylic acids is 1. The van der Waals surface area contributed by atoms with E-state index in [1.807, 2.05) is 27.2 Å². The molecule has 8 nitrogen and oxygen atoms in total. The molecule has 0 aromatic rings. The number of aliphatic hydroxyl groups is 1. The SMILES string of the molecule is CCCCC/C=C/CC/C=C/C(O)C(COP(=O)([O-])OCC[N+](C)(C)C)NC(=O)CCCCCCCCCCCCC/C=C\C/C=C\CCCCCCC. The van der Waals surface area contributed by atoms with E-state index < -0.39 is 26.6 Å². The van der Waals surface area contributed by atoms with Crippen LogP contribution in [0.5, 0.6) is 0 Å². The summed E-state index contributed by atoms with van der Waals surface area (Å²) in [5.74, 6) is -0.214. The highest BCUT2D eigenvalue weighted by Gasteiger charge is 2.23. The number of quaternary nitrogens is 1. The van der Waals surface area contributed by atoms with Gasteiger partial charge in [0.1, 0.15) is 13.2 Å². The fourth-order valence-corrected chi connectivity index (χ4v) is 6.68. The van der Waals surface area contributed by atoms with Crippen LogP contribution in [-0.2, 0) is 18.4 Å². The minimum atomic E-state index is -4.59. The van der Waals surface area contributed by atoms with Crippen molar-refractivity contribution in [1.82, 2.24) is 5.32 Å². The van der Waals surface area contributed by atoms with E-state index in [1.165, 1.54) is 116 Å². The zero-order valence-electron chi connectivity index (χ0n) is 35.7. The van der Waals surface area contributed by atoms with Gasteiger partial charge in [-0.1, -0.05) is 159 Å². The van der Waals surface area contributed by atoms with Crippen LogP contribution in [0.25, 0.3) is 0 Å². The summed E-state index contributed by atoms with van der Waals surface area (Å²) in [4.78, 5) is 25.2. The van der Waals surface area contributed by atoms with Gasteiger partial charge < -0.3 is 28.8 Å². The lowest BCUT2D eigenvalue weighted by molar-refractivity contribution is -0.870. The Kier molecular flexibility index (Phi) is 36.0. The van der Waals surface area contributed by atoms with Crippen LogP contribution < -0.4 is 10.2 Å². The maximum absolute atomic E-state index is 12.8. The molecule has 9 heteroatoms. The molecular weight excluding hydrogens is 695 g/mol. The van der Waals surface area contributed by atoms with Crippen molar-refractivity contribution in [2.75, 3.05) is 40.9 Å². The summed E-state index contributed by atoms with van der Waals surface area (Å²) in [5, 5.41) is 13.7. The molecule has 3 unspecified atom stereocenters. The van der Waals surface area contributed by atoms with Gasteiger partial charge in [0.15, 0.2) is 0 Å². The second kappa shape index (κ2) is 37.1. The number of phosphoric acid groups is 1. The molecule has 1 amide bonds. The molecule has 0 heterocycles. The topological polar surface area (TPSA) is 108 Å². The van der Waals surface area contributed by atoms with E-state index in [4.69, 9.17) is 9.05 Å². The first-order valence-electron chi connectivity index (χ1n) is 22.0. The fourth-order valence-electron chi connectivity index (χ4n) is 5.96. The van der Waals surface area contributed by atoms with E-state index in [1.54, 1.807) is 6.08 Å². The maximum Gasteiger partial charge on any atom is 0.268 e. The van der Waals surface area contributed by atoms with Crippen LogP contribution in [0, 0.1) is 0 Å². The van der Waals surface area contributed by atoms with Gasteiger partial charge in [-0.15, -0.1) is 0 Å². The fraction of sp³-hybridized carbons (Fsp3) is 0.800. The number of phosphoric ester groups is 1. The van der Waals surface area contributed by atoms with Gasteiger partial charge in [-0.2, -0.15) is 0 Å². The van der Waals surface area contributed by atoms with Crippen molar-refractivity contribution < 1.29 is 32.9 Å². The molecule has 3 atom stereocenters. The highest BCUT2D eigenvalue weighted by atomic mass is 31.2. The zero-order valence-corrected chi connectivity index (χ0v) is 36.6. The van der Waals surface area contributed by atoms with E-state index in [9.17, 15) is 19.4 Å². The lowest BCUT2D eigenvalue weighted by Crippen LogP contribution is -2.45. The molecule has 0 saturated heterocycles. The molecule has 0 spiro atoms. The smallest absolute Gasteiger partial charge is 0.268 e. The van der Waals surface area contributed by atoms with Gasteiger partial charge in [-0.25, -0.2) is 0 Å². The van der Waals surface area contributed by atoms with Crippen LogP contribution in [0.1, 0.15) is 181 Å². The second-order valence-electron chi connectivity index (χ2n) is 16.0. The molecule has 0 bridgehead atoms. The lowest BCUT2D eigenvalue weighted by atomic mass is 10.0. The van der Waals surface area contributed by atoms with Gasteiger partial charge in [-0.05, 0) is 64.2 Å². The molecule has 0 rings (SSSR count). The second-order valence-corrected chi connectivity index (χ2v) is 17.4. The number of aliphatic hydroxyl groups excluding tert-OH is 1. The van der Waals surface area contributed by atoms with E-state index in [2.05, 4.69) is 55.6 Å². The third-order valence-electron chi connectivity index (χ3n) is 9.51. The molecule has 2 N–H and O–H groups in total. The molecule has 0 aromatic heterocycles. The highest BCUT2D eigenvalue weighted by Crippen LogP contribution is 2.38. The van der Waals surface area contributed by atoms with Gasteiger partial charge >= 0.3 is 0 Å². The Morgan fingerprint density at radius 2 is 1.09 bits per heavy atom. The molecule has 0 aliphatic rings. The first-order chi connectivity index (χ1) is 26.0. The normalized spacial score (nSPS) is 14.9. The van der Waals surface area contributed by atoms with Gasteiger partial charge in [0.2, 0.25) is 5.91 Å². The van der Waals surface area contributed by atoms with Crippen LogP contribution >= 0.6 is 7.82 Å². The Morgan fingerprint density at radius 3 is 1.65 bits per heavy atom. The van der Waals surface area contributed by atoms with E-state index in [-0.39, 0.29) is 12.5 Å². The summed E-state index contributed by atoms with van der Waals surface area (Å²) in [5.41, 5.74) is 0. The van der Waals surface area contributed by atoms with Crippen LogP contribution in [-0.4, -0.2) is 68.5 Å². The molecule has 0 aliphatic carbocycles. The Labute approximate surface area is 333 Å². The predicted molar refractivity (Wildman–Crippen MR) is 228 cm³/mol. The summed E-state index contributed by atoms with van der Waals surface area (Å²) in [6, 6.07) is -0.902. The third-order valence-corrected chi connectivity index (χ3v) is 10.5. The van der Waals surface area contributed by atoms with E-state index in [0.717, 1.165) is 44.9 Å². The summed E-state index contributed by atoms with van der Waals surface area (Å²) in [7, 11) is 1.23. The predicted octanol–water partition coefficient (Wildman–Crippen LogP) is 11.4. The van der Waals surface area contributed by atoms with Crippen LogP contribution in [0.2, 0.25) is 0 Å². The highest BCUT2D eigenvalue weighted by molar-refractivity contribution is 7.45. The number of carbonyl (C=O) groups is 1. The molecule has 0 radical (unpaired) electrons. The molecule has 0 fully saturated rings. The first kappa shape index (κ1) is 52.5. The summed E-state index contributed by atoms with van der Waals surface area (Å²) in [6.07, 6.45) is 46.0. The Bertz CT molecular complexity index is 1020. The number of nitrogens with one attached hydrogen (secondary N) is 1. The number of amides is 1. The third kappa shape index (κ3) is 38.7. The van der Waals surface area contributed by atoms with Gasteiger partial charge in [0.25, 0.3) is 7.82 Å². The van der Waals surface area contributed by atoms with Gasteiger partial charge in [0, 0.05) is 6.42 Å². The van der Waals surface area contributed by atoms with Crippen LogP contribution in [0.4, 0.5) is 0 Å². The number of nitrogens with zero attached hydrogens (tertiary/aromatic N) is 1. The summed E-state index contributed by atoms with van der Waals surface area (Å²) < 4.78 is 23.1. The van der Waals surface area contributed by atoms with Crippen molar-refractivity contribution in [3.05, 3.63) is 48.6 Å². The monoisotopic (exact) mass is 781 g/mol. The van der Waals surface area contributed by atoms with Crippen molar-refractivity contribution in [3.63, 3.8) is 0 Å². The quantitative estimate of drug-likeness (QED) is 0.0278. The number of unbranched alkanes of at least 4 members (excludes halogenated alkanes) is 20. The molecule has 0 aromatic carbocycles. The number of hydrogen-bond acceptors (Lipinski definition) is 6. The van der Waals surface area contributed by atoms with Crippen molar-refractivity contribution in [3.8, 4) is 0 Å².